The molecule has 0 bridgehead atoms. The first kappa shape index (κ1) is 11.0. The molecule has 0 amide bonds. The van der Waals surface area contributed by atoms with Gasteiger partial charge >= 0.3 is 31.4 Å². The summed E-state index contributed by atoms with van der Waals surface area (Å²) in [4.78, 5) is 0. The third-order valence-electron chi connectivity index (χ3n) is 0. The second-order valence-corrected chi connectivity index (χ2v) is 1.66. The van der Waals surface area contributed by atoms with E-state index in [2.05, 4.69) is 14.4 Å². The van der Waals surface area contributed by atoms with E-state index in [1.54, 1.807) is 0 Å². The molecule has 0 radical (unpaired) electrons. The van der Waals surface area contributed by atoms with E-state index in [0.717, 1.165) is 0 Å². The molecule has 0 saturated heterocycles. The topological polar surface area (TPSA) is 34.1 Å². The van der Waals surface area contributed by atoms with Crippen molar-refractivity contribution >= 4 is 8.63 Å². The van der Waals surface area contributed by atoms with Crippen molar-refractivity contribution in [3.05, 3.63) is 6.68 Å². The van der Waals surface area contributed by atoms with Crippen LogP contribution < -0.4 is 0 Å². The zero-order valence-electron chi connectivity index (χ0n) is 3.16. The van der Waals surface area contributed by atoms with Crippen LogP contribution in [0.5, 0.6) is 0 Å². The summed E-state index contributed by atoms with van der Waals surface area (Å²) < 4.78 is 46.4. The summed E-state index contributed by atoms with van der Waals surface area (Å²) in [5.41, 5.74) is 0. The molecule has 7 heteroatoms. The van der Waals surface area contributed by atoms with Gasteiger partial charge in [0.25, 0.3) is 0 Å². The van der Waals surface area contributed by atoms with E-state index in [-0.39, 0.29) is 0 Å². The van der Waals surface area contributed by atoms with E-state index >= 15 is 0 Å². The van der Waals surface area contributed by atoms with Crippen molar-refractivity contribution in [2.24, 2.45) is 0 Å². The van der Waals surface area contributed by atoms with Crippen LogP contribution in [0.3, 0.4) is 0 Å². The Labute approximate surface area is 51.9 Å². The number of rotatable bonds is 0. The molecule has 0 aliphatic rings. The third-order valence-corrected chi connectivity index (χ3v) is 0. The first-order chi connectivity index (χ1) is 3.46. The van der Waals surface area contributed by atoms with Crippen LogP contribution >= 0.6 is 0 Å². The Bertz CT molecular complexity index is 115. The van der Waals surface area contributed by atoms with Gasteiger partial charge < -0.3 is 13.2 Å². The molecule has 0 aromatic carbocycles. The van der Waals surface area contributed by atoms with Crippen LogP contribution in [0.25, 0.3) is 0 Å². The molecule has 8 heavy (non-hydrogen) atoms. The van der Waals surface area contributed by atoms with Gasteiger partial charge in [-0.2, -0.15) is 0 Å². The van der Waals surface area contributed by atoms with Crippen molar-refractivity contribution in [2.75, 3.05) is 0 Å². The second kappa shape index (κ2) is 7.13. The second-order valence-electron chi connectivity index (χ2n) is 0.383. The molecule has 0 aliphatic heterocycles. The van der Waals surface area contributed by atoms with Crippen molar-refractivity contribution in [3.63, 3.8) is 0 Å². The number of hydrogen-bond donors (Lipinski definition) is 0. The van der Waals surface area contributed by atoms with Crippen LogP contribution in [0, 0.1) is 6.68 Å². The summed E-state index contributed by atoms with van der Waals surface area (Å²) in [5.74, 6) is 0. The Morgan fingerprint density at radius 3 is 1.25 bits per heavy atom. The molecule has 0 N–H and O–H groups in total. The molecule has 0 atom stereocenters. The van der Waals surface area contributed by atoms with Gasteiger partial charge in [0.15, 0.2) is 6.68 Å². The zero-order chi connectivity index (χ0) is 7.15. The summed E-state index contributed by atoms with van der Waals surface area (Å²) >= 11 is 3.66. The van der Waals surface area contributed by atoms with E-state index in [0.29, 0.717) is 0 Å². The Hall–Kier alpha value is 0.129. The third kappa shape index (κ3) is 9620. The monoisotopic (exact) mass is 196 g/mol. The molecular formula is CCuF3O2S-. The standard InChI is InChI=1S/CF3.Cu.O2S/c2-1(3)4;;1-3-2/q-1;;. The van der Waals surface area contributed by atoms with Crippen LogP contribution in [-0.4, -0.2) is 8.42 Å². The van der Waals surface area contributed by atoms with Gasteiger partial charge in [-0.15, -0.1) is 0 Å². The normalized spacial score (nSPS) is 7.75. The van der Waals surface area contributed by atoms with Crippen LogP contribution in [0.1, 0.15) is 0 Å². The van der Waals surface area contributed by atoms with E-state index in [4.69, 9.17) is 8.42 Å². The predicted molar refractivity (Wildman–Crippen MR) is 15.5 cm³/mol. The van der Waals surface area contributed by atoms with E-state index in [9.17, 15) is 13.2 Å². The van der Waals surface area contributed by atoms with Crippen LogP contribution in [0.15, 0.2) is 0 Å². The molecule has 0 spiro atoms. The fraction of sp³-hybridized carbons (Fsp3) is 0. The summed E-state index contributed by atoms with van der Waals surface area (Å²) in [6, 6.07) is 0. The minimum absolute atomic E-state index is 2.30. The summed E-state index contributed by atoms with van der Waals surface area (Å²) in [7, 11) is -2.30. The van der Waals surface area contributed by atoms with E-state index < -0.39 is 15.3 Å². The average Bonchev–Trinajstić information content (AvgIpc) is 1.25. The van der Waals surface area contributed by atoms with Crippen LogP contribution in [-0.2, 0) is 23.0 Å². The molecule has 0 heterocycles. The SMILES string of the molecule is F[C-](F)F.O=[S](=O)=[Cu]. The summed E-state index contributed by atoms with van der Waals surface area (Å²) in [5, 5.41) is 0. The van der Waals surface area contributed by atoms with Gasteiger partial charge in [-0.25, -0.2) is 0 Å². The first-order valence-electron chi connectivity index (χ1n) is 1.02. The van der Waals surface area contributed by atoms with Gasteiger partial charge in [0, 0.05) is 0 Å². The number of halogens is 3. The maximum absolute atomic E-state index is 9.58. The summed E-state index contributed by atoms with van der Waals surface area (Å²) in [6.07, 6.45) is 0. The van der Waals surface area contributed by atoms with Gasteiger partial charge in [-0.3, -0.25) is 0 Å². The van der Waals surface area contributed by atoms with Crippen molar-refractivity contribution in [2.45, 2.75) is 0 Å². The molecule has 55 valence electrons. The Morgan fingerprint density at radius 2 is 1.25 bits per heavy atom. The molecular weight excluding hydrogens is 197 g/mol. The van der Waals surface area contributed by atoms with E-state index in [1.807, 2.05) is 0 Å². The number of hydrogen-bond acceptors (Lipinski definition) is 2. The van der Waals surface area contributed by atoms with Crippen molar-refractivity contribution in [1.29, 1.82) is 0 Å². The van der Waals surface area contributed by atoms with Crippen LogP contribution in [0.2, 0.25) is 0 Å². The molecule has 0 saturated carbocycles. The molecule has 0 aromatic rings. The van der Waals surface area contributed by atoms with Gasteiger partial charge in [-0.05, 0) is 0 Å². The van der Waals surface area contributed by atoms with Gasteiger partial charge in [0.05, 0.1) is 0 Å². The quantitative estimate of drug-likeness (QED) is 0.422. The molecule has 0 aliphatic carbocycles. The zero-order valence-corrected chi connectivity index (χ0v) is 4.92. The van der Waals surface area contributed by atoms with Gasteiger partial charge in [0.1, 0.15) is 0 Å². The fourth-order valence-electron chi connectivity index (χ4n) is 0. The molecule has 2 nitrogen and oxygen atoms in total. The Morgan fingerprint density at radius 1 is 1.25 bits per heavy atom. The average molecular weight is 197 g/mol. The predicted octanol–water partition coefficient (Wildman–Crippen LogP) is 0.669. The van der Waals surface area contributed by atoms with Crippen LogP contribution in [0.4, 0.5) is 13.2 Å². The molecule has 0 fully saturated rings. The van der Waals surface area contributed by atoms with E-state index in [1.165, 1.54) is 0 Å². The molecule has 0 rings (SSSR count). The summed E-state index contributed by atoms with van der Waals surface area (Å²) in [6.45, 7) is -3.08. The Balaban J connectivity index is 0. The van der Waals surface area contributed by atoms with Crippen molar-refractivity contribution in [3.8, 4) is 0 Å². The van der Waals surface area contributed by atoms with Crippen molar-refractivity contribution in [1.82, 2.24) is 0 Å². The maximum atomic E-state index is 9.58. The van der Waals surface area contributed by atoms with Crippen molar-refractivity contribution < 1.29 is 36.0 Å². The Kier molecular flexibility index (Phi) is 9.80. The molecule has 0 unspecified atom stereocenters. The minimum atomic E-state index is -3.08. The fourth-order valence-corrected chi connectivity index (χ4v) is 0. The molecule has 0 aromatic heterocycles. The first-order valence-corrected chi connectivity index (χ1v) is 3.09. The van der Waals surface area contributed by atoms with Gasteiger partial charge in [-0.1, -0.05) is 0 Å². The van der Waals surface area contributed by atoms with Gasteiger partial charge in [0.2, 0.25) is 0 Å².